The molecule has 24 heavy (non-hydrogen) atoms. The number of aryl methyl sites for hydroxylation is 1. The maximum absolute atomic E-state index is 14.4. The number of hydrogen-bond acceptors (Lipinski definition) is 2. The van der Waals surface area contributed by atoms with Gasteiger partial charge in [0.2, 0.25) is 0 Å². The topological polar surface area (TPSA) is 53.2 Å². The van der Waals surface area contributed by atoms with Crippen LogP contribution in [-0.4, -0.2) is 19.1 Å². The lowest BCUT2D eigenvalue weighted by molar-refractivity contribution is 0.237. The van der Waals surface area contributed by atoms with Crippen LogP contribution in [0.3, 0.4) is 0 Å². The van der Waals surface area contributed by atoms with Gasteiger partial charge >= 0.3 is 6.03 Å². The van der Waals surface area contributed by atoms with Crippen molar-refractivity contribution in [3.63, 3.8) is 0 Å². The summed E-state index contributed by atoms with van der Waals surface area (Å²) < 4.78 is 14.4. The van der Waals surface area contributed by atoms with Crippen LogP contribution < -0.4 is 16.2 Å². The summed E-state index contributed by atoms with van der Waals surface area (Å²) in [7, 11) is 0. The lowest BCUT2D eigenvalue weighted by Crippen LogP contribution is -2.44. The van der Waals surface area contributed by atoms with E-state index in [9.17, 15) is 9.18 Å². The van der Waals surface area contributed by atoms with E-state index in [1.54, 1.807) is 12.1 Å². The highest BCUT2D eigenvalue weighted by Crippen LogP contribution is 2.26. The number of hydrogen-bond donors (Lipinski definition) is 3. The van der Waals surface area contributed by atoms with Gasteiger partial charge in [0.15, 0.2) is 0 Å². The molecule has 0 aliphatic carbocycles. The molecule has 2 rings (SSSR count). The maximum atomic E-state index is 14.4. The molecule has 4 nitrogen and oxygen atoms in total. The molecule has 128 valence electrons. The monoisotopic (exact) mass is 329 g/mol. The van der Waals surface area contributed by atoms with E-state index in [1.165, 1.54) is 5.56 Å². The van der Waals surface area contributed by atoms with Gasteiger partial charge in [-0.2, -0.15) is 0 Å². The fraction of sp³-hybridized carbons (Fsp3) is 0.316. The van der Waals surface area contributed by atoms with Gasteiger partial charge in [-0.05, 0) is 41.2 Å². The minimum absolute atomic E-state index is 0.243. The second kappa shape index (κ2) is 9.03. The minimum atomic E-state index is -0.314. The molecule has 0 aliphatic heterocycles. The second-order valence-corrected chi connectivity index (χ2v) is 5.48. The minimum Gasteiger partial charge on any atom is -0.337 e. The van der Waals surface area contributed by atoms with Gasteiger partial charge in [0.25, 0.3) is 0 Å². The highest BCUT2D eigenvalue weighted by Gasteiger charge is 2.08. The predicted molar refractivity (Wildman–Crippen MR) is 95.1 cm³/mol. The van der Waals surface area contributed by atoms with Crippen LogP contribution in [0.2, 0.25) is 0 Å². The summed E-state index contributed by atoms with van der Waals surface area (Å²) in [6.07, 6.45) is 1.35. The first-order valence-corrected chi connectivity index (χ1v) is 8.29. The van der Waals surface area contributed by atoms with Gasteiger partial charge in [0, 0.05) is 13.1 Å². The van der Waals surface area contributed by atoms with Crippen LogP contribution in [0, 0.1) is 5.82 Å². The Morgan fingerprint density at radius 3 is 2.58 bits per heavy atom. The molecule has 2 aromatic carbocycles. The molecule has 0 fully saturated rings. The Bertz CT molecular complexity index is 688. The Kier molecular flexibility index (Phi) is 6.75. The van der Waals surface area contributed by atoms with E-state index in [-0.39, 0.29) is 11.8 Å². The molecule has 0 atom stereocenters. The van der Waals surface area contributed by atoms with Crippen molar-refractivity contribution < 1.29 is 9.18 Å². The first kappa shape index (κ1) is 17.9. The number of halogens is 1. The number of carbonyl (C=O) groups is 1. The summed E-state index contributed by atoms with van der Waals surface area (Å²) in [5, 5.41) is 2.68. The van der Waals surface area contributed by atoms with E-state index in [0.717, 1.165) is 17.5 Å². The molecule has 2 aromatic rings. The molecule has 0 spiro atoms. The van der Waals surface area contributed by atoms with Crippen molar-refractivity contribution in [1.29, 1.82) is 0 Å². The fourth-order valence-electron chi connectivity index (χ4n) is 2.55. The smallest absolute Gasteiger partial charge is 0.329 e. The molecule has 0 aromatic heterocycles. The van der Waals surface area contributed by atoms with Crippen LogP contribution in [0.4, 0.5) is 9.18 Å². The largest absolute Gasteiger partial charge is 0.337 e. The zero-order valence-electron chi connectivity index (χ0n) is 14.2. The second-order valence-electron chi connectivity index (χ2n) is 5.48. The van der Waals surface area contributed by atoms with E-state index in [4.69, 9.17) is 0 Å². The lowest BCUT2D eigenvalue weighted by Gasteiger charge is -2.11. The van der Waals surface area contributed by atoms with Crippen LogP contribution in [0.25, 0.3) is 11.1 Å². The highest BCUT2D eigenvalue weighted by atomic mass is 19.1. The van der Waals surface area contributed by atoms with Crippen molar-refractivity contribution in [2.75, 3.05) is 13.1 Å². The van der Waals surface area contributed by atoms with Gasteiger partial charge in [0.05, 0.1) is 0 Å². The van der Waals surface area contributed by atoms with Crippen LogP contribution in [0.5, 0.6) is 0 Å². The lowest BCUT2D eigenvalue weighted by atomic mass is 9.96. The molecule has 0 saturated heterocycles. The SMILES string of the molecule is CCNNC(=O)NCCc1ccc(-c2ccccc2CC)cc1F. The molecule has 0 saturated carbocycles. The molecule has 0 bridgehead atoms. The number of benzene rings is 2. The van der Waals surface area contributed by atoms with Gasteiger partial charge in [-0.3, -0.25) is 5.43 Å². The van der Waals surface area contributed by atoms with Crippen molar-refractivity contribution in [3.8, 4) is 11.1 Å². The molecule has 0 unspecified atom stereocenters. The van der Waals surface area contributed by atoms with Crippen molar-refractivity contribution >= 4 is 6.03 Å². The standard InChI is InChI=1S/C19H24FN3O/c1-3-14-7-5-6-8-17(14)16-10-9-15(18(20)13-16)11-12-21-19(24)23-22-4-2/h5-10,13,22H,3-4,11-12H2,1-2H3,(H2,21,23,24). The van der Waals surface area contributed by atoms with Crippen LogP contribution in [-0.2, 0) is 12.8 Å². The number of rotatable bonds is 7. The molecule has 0 heterocycles. The number of amides is 2. The zero-order valence-corrected chi connectivity index (χ0v) is 14.2. The quantitative estimate of drug-likeness (QED) is 0.682. The normalized spacial score (nSPS) is 10.5. The summed E-state index contributed by atoms with van der Waals surface area (Å²) in [5.74, 6) is -0.243. The Balaban J connectivity index is 2.01. The van der Waals surface area contributed by atoms with Crippen molar-refractivity contribution in [1.82, 2.24) is 16.2 Å². The van der Waals surface area contributed by atoms with Crippen LogP contribution in [0.1, 0.15) is 25.0 Å². The van der Waals surface area contributed by atoms with Crippen molar-refractivity contribution in [2.45, 2.75) is 26.7 Å². The van der Waals surface area contributed by atoms with E-state index in [1.807, 2.05) is 31.2 Å². The molecule has 0 aliphatic rings. The highest BCUT2D eigenvalue weighted by molar-refractivity contribution is 5.73. The zero-order chi connectivity index (χ0) is 17.4. The van der Waals surface area contributed by atoms with Gasteiger partial charge in [-0.25, -0.2) is 14.6 Å². The first-order chi connectivity index (χ1) is 11.7. The summed E-state index contributed by atoms with van der Waals surface area (Å²) in [6, 6.07) is 13.0. The summed E-state index contributed by atoms with van der Waals surface area (Å²) in [5.41, 5.74) is 8.93. The predicted octanol–water partition coefficient (Wildman–Crippen LogP) is 3.42. The number of carbonyl (C=O) groups excluding carboxylic acids is 1. The fourth-order valence-corrected chi connectivity index (χ4v) is 2.55. The molecular formula is C19H24FN3O. The third-order valence-corrected chi connectivity index (χ3v) is 3.82. The van der Waals surface area contributed by atoms with E-state index >= 15 is 0 Å². The van der Waals surface area contributed by atoms with Gasteiger partial charge in [0.1, 0.15) is 5.82 Å². The van der Waals surface area contributed by atoms with Gasteiger partial charge in [-0.15, -0.1) is 0 Å². The molecule has 3 N–H and O–H groups in total. The first-order valence-electron chi connectivity index (χ1n) is 8.29. The maximum Gasteiger partial charge on any atom is 0.329 e. The number of urea groups is 1. The Hall–Kier alpha value is -2.40. The van der Waals surface area contributed by atoms with Gasteiger partial charge < -0.3 is 5.32 Å². The Morgan fingerprint density at radius 1 is 1.08 bits per heavy atom. The van der Waals surface area contributed by atoms with Crippen molar-refractivity contribution in [3.05, 3.63) is 59.4 Å². The van der Waals surface area contributed by atoms with E-state index in [2.05, 4.69) is 29.2 Å². The average molecular weight is 329 g/mol. The third kappa shape index (κ3) is 4.80. The molecular weight excluding hydrogens is 305 g/mol. The van der Waals surface area contributed by atoms with E-state index in [0.29, 0.717) is 25.1 Å². The third-order valence-electron chi connectivity index (χ3n) is 3.82. The molecule has 2 amide bonds. The summed E-state index contributed by atoms with van der Waals surface area (Å²) >= 11 is 0. The summed E-state index contributed by atoms with van der Waals surface area (Å²) in [4.78, 5) is 11.4. The summed E-state index contributed by atoms with van der Waals surface area (Å²) in [6.45, 7) is 4.99. The van der Waals surface area contributed by atoms with E-state index < -0.39 is 0 Å². The van der Waals surface area contributed by atoms with Crippen LogP contribution >= 0.6 is 0 Å². The number of hydrazine groups is 1. The van der Waals surface area contributed by atoms with Crippen molar-refractivity contribution in [2.24, 2.45) is 0 Å². The van der Waals surface area contributed by atoms with Crippen LogP contribution in [0.15, 0.2) is 42.5 Å². The Morgan fingerprint density at radius 2 is 1.88 bits per heavy atom. The molecule has 5 heteroatoms. The van der Waals surface area contributed by atoms with Gasteiger partial charge in [-0.1, -0.05) is 50.2 Å². The Labute approximate surface area is 142 Å². The average Bonchev–Trinajstić information content (AvgIpc) is 2.61. The molecule has 0 radical (unpaired) electrons. The number of nitrogens with one attached hydrogen (secondary N) is 3.